The number of rotatable bonds is 6. The van der Waals surface area contributed by atoms with Gasteiger partial charge < -0.3 is 9.72 Å². The zero-order valence-electron chi connectivity index (χ0n) is 16.5. The first kappa shape index (κ1) is 18.1. The molecular formula is C23H29N3O. The monoisotopic (exact) mass is 363 g/mol. The number of ether oxygens (including phenoxy) is 1. The second-order valence-electron chi connectivity index (χ2n) is 7.76. The van der Waals surface area contributed by atoms with Gasteiger partial charge in [-0.25, -0.2) is 4.98 Å². The number of nitrogens with zero attached hydrogens (tertiary/aromatic N) is 2. The molecule has 1 aliphatic carbocycles. The van der Waals surface area contributed by atoms with Crippen molar-refractivity contribution in [3.63, 3.8) is 0 Å². The predicted molar refractivity (Wildman–Crippen MR) is 110 cm³/mol. The summed E-state index contributed by atoms with van der Waals surface area (Å²) in [6, 6.07) is 13.0. The van der Waals surface area contributed by atoms with Gasteiger partial charge in [-0.3, -0.25) is 4.90 Å². The number of hydrogen-bond acceptors (Lipinski definition) is 3. The van der Waals surface area contributed by atoms with Crippen LogP contribution in [0.2, 0.25) is 0 Å². The Morgan fingerprint density at radius 2 is 1.93 bits per heavy atom. The van der Waals surface area contributed by atoms with E-state index in [1.165, 1.54) is 47.9 Å². The molecule has 2 heterocycles. The van der Waals surface area contributed by atoms with Crippen molar-refractivity contribution < 1.29 is 4.74 Å². The van der Waals surface area contributed by atoms with Crippen LogP contribution in [-0.2, 0) is 6.54 Å². The number of H-pyrrole nitrogens is 1. The van der Waals surface area contributed by atoms with Crippen LogP contribution in [0.25, 0.3) is 11.0 Å². The summed E-state index contributed by atoms with van der Waals surface area (Å²) in [6.45, 7) is 3.19. The van der Waals surface area contributed by atoms with Gasteiger partial charge >= 0.3 is 0 Å². The van der Waals surface area contributed by atoms with Crippen LogP contribution in [0.4, 0.5) is 0 Å². The van der Waals surface area contributed by atoms with E-state index in [1.54, 1.807) is 7.11 Å². The molecule has 0 bridgehead atoms. The number of aromatic nitrogens is 2. The molecule has 2 aromatic heterocycles. The molecule has 4 nitrogen and oxygen atoms in total. The summed E-state index contributed by atoms with van der Waals surface area (Å²) >= 11 is 0. The highest BCUT2D eigenvalue weighted by Crippen LogP contribution is 2.38. The molecule has 27 heavy (non-hydrogen) atoms. The number of aromatic amines is 1. The van der Waals surface area contributed by atoms with E-state index in [-0.39, 0.29) is 0 Å². The van der Waals surface area contributed by atoms with E-state index >= 15 is 0 Å². The summed E-state index contributed by atoms with van der Waals surface area (Å²) in [4.78, 5) is 10.7. The summed E-state index contributed by atoms with van der Waals surface area (Å²) in [7, 11) is 3.92. The van der Waals surface area contributed by atoms with Crippen LogP contribution in [0, 0.1) is 0 Å². The first-order valence-corrected chi connectivity index (χ1v) is 9.97. The minimum atomic E-state index is 0.328. The Morgan fingerprint density at radius 3 is 2.63 bits per heavy atom. The molecule has 0 radical (unpaired) electrons. The van der Waals surface area contributed by atoms with E-state index < -0.39 is 0 Å². The van der Waals surface area contributed by atoms with Gasteiger partial charge in [0, 0.05) is 29.9 Å². The fraction of sp³-hybridized carbons (Fsp3) is 0.435. The quantitative estimate of drug-likeness (QED) is 0.635. The smallest absolute Gasteiger partial charge is 0.137 e. The lowest BCUT2D eigenvalue weighted by Crippen LogP contribution is -2.22. The van der Waals surface area contributed by atoms with Crippen molar-refractivity contribution in [1.82, 2.24) is 14.9 Å². The normalized spacial score (nSPS) is 16.3. The molecule has 1 fully saturated rings. The molecule has 0 saturated heterocycles. The van der Waals surface area contributed by atoms with Crippen LogP contribution in [0.1, 0.15) is 61.4 Å². The maximum Gasteiger partial charge on any atom is 0.137 e. The van der Waals surface area contributed by atoms with E-state index in [0.717, 1.165) is 17.9 Å². The average Bonchev–Trinajstić information content (AvgIpc) is 3.36. The molecule has 142 valence electrons. The van der Waals surface area contributed by atoms with Gasteiger partial charge in [-0.1, -0.05) is 25.0 Å². The average molecular weight is 364 g/mol. The second-order valence-corrected chi connectivity index (χ2v) is 7.76. The minimum Gasteiger partial charge on any atom is -0.497 e. The van der Waals surface area contributed by atoms with Gasteiger partial charge in [0.2, 0.25) is 0 Å². The Labute approximate surface area is 161 Å². The Bertz CT molecular complexity index is 894. The van der Waals surface area contributed by atoms with Crippen molar-refractivity contribution in [2.45, 2.75) is 51.1 Å². The fourth-order valence-corrected chi connectivity index (χ4v) is 4.35. The lowest BCUT2D eigenvalue weighted by Gasteiger charge is -2.26. The molecule has 0 spiro atoms. The highest BCUT2D eigenvalue weighted by Gasteiger charge is 2.25. The van der Waals surface area contributed by atoms with Gasteiger partial charge in [0.25, 0.3) is 0 Å². The maximum absolute atomic E-state index is 5.29. The molecule has 4 heteroatoms. The summed E-state index contributed by atoms with van der Waals surface area (Å²) < 4.78 is 5.29. The summed E-state index contributed by atoms with van der Waals surface area (Å²) in [5, 5.41) is 1.27. The third-order valence-corrected chi connectivity index (χ3v) is 6.14. The molecule has 1 saturated carbocycles. The predicted octanol–water partition coefficient (Wildman–Crippen LogP) is 5.42. The Balaban J connectivity index is 1.62. The first-order valence-electron chi connectivity index (χ1n) is 9.97. The zero-order valence-corrected chi connectivity index (χ0v) is 16.5. The van der Waals surface area contributed by atoms with Crippen molar-refractivity contribution in [3.8, 4) is 5.75 Å². The molecule has 0 unspecified atom stereocenters. The summed E-state index contributed by atoms with van der Waals surface area (Å²) in [5.41, 5.74) is 5.17. The molecular weight excluding hydrogens is 334 g/mol. The minimum absolute atomic E-state index is 0.328. The number of hydrogen-bond donors (Lipinski definition) is 1. The molecule has 1 atom stereocenters. The van der Waals surface area contributed by atoms with E-state index in [2.05, 4.69) is 47.0 Å². The van der Waals surface area contributed by atoms with Crippen molar-refractivity contribution in [2.24, 2.45) is 0 Å². The Morgan fingerprint density at radius 1 is 1.19 bits per heavy atom. The lowest BCUT2D eigenvalue weighted by molar-refractivity contribution is 0.252. The van der Waals surface area contributed by atoms with Crippen LogP contribution < -0.4 is 4.74 Å². The molecule has 3 aromatic rings. The number of fused-ring (bicyclic) bond motifs is 1. The SMILES string of the molecule is COc1ccc([C@H](C)N(C)Cc2c(C3CCCC3)[nH]c3ncccc23)cc1. The van der Waals surface area contributed by atoms with E-state index in [1.807, 2.05) is 24.4 Å². The first-order chi connectivity index (χ1) is 13.2. The van der Waals surface area contributed by atoms with E-state index in [4.69, 9.17) is 4.74 Å². The lowest BCUT2D eigenvalue weighted by atomic mass is 9.98. The Kier molecular flexibility index (Phi) is 5.17. The van der Waals surface area contributed by atoms with Crippen molar-refractivity contribution in [1.29, 1.82) is 0 Å². The van der Waals surface area contributed by atoms with Crippen molar-refractivity contribution >= 4 is 11.0 Å². The van der Waals surface area contributed by atoms with Gasteiger partial charge in [0.1, 0.15) is 11.4 Å². The summed E-state index contributed by atoms with van der Waals surface area (Å²) in [5.74, 6) is 1.55. The zero-order chi connectivity index (χ0) is 18.8. The topological polar surface area (TPSA) is 41.1 Å². The molecule has 1 N–H and O–H groups in total. The highest BCUT2D eigenvalue weighted by atomic mass is 16.5. The molecule has 4 rings (SSSR count). The van der Waals surface area contributed by atoms with Crippen LogP contribution in [-0.4, -0.2) is 29.0 Å². The van der Waals surface area contributed by atoms with Crippen molar-refractivity contribution in [2.75, 3.05) is 14.2 Å². The number of nitrogens with one attached hydrogen (secondary N) is 1. The van der Waals surface area contributed by atoms with Crippen LogP contribution >= 0.6 is 0 Å². The largest absolute Gasteiger partial charge is 0.497 e. The Hall–Kier alpha value is -2.33. The van der Waals surface area contributed by atoms with Crippen molar-refractivity contribution in [3.05, 3.63) is 59.4 Å². The van der Waals surface area contributed by atoms with Crippen LogP contribution in [0.15, 0.2) is 42.6 Å². The molecule has 0 aliphatic heterocycles. The van der Waals surface area contributed by atoms with E-state index in [9.17, 15) is 0 Å². The molecule has 1 aromatic carbocycles. The van der Waals surface area contributed by atoms with Gasteiger partial charge in [0.15, 0.2) is 0 Å². The van der Waals surface area contributed by atoms with Gasteiger partial charge in [-0.15, -0.1) is 0 Å². The van der Waals surface area contributed by atoms with Crippen LogP contribution in [0.3, 0.4) is 0 Å². The van der Waals surface area contributed by atoms with E-state index in [0.29, 0.717) is 12.0 Å². The number of pyridine rings is 1. The molecule has 1 aliphatic rings. The third-order valence-electron chi connectivity index (χ3n) is 6.14. The molecule has 0 amide bonds. The van der Waals surface area contributed by atoms with Gasteiger partial charge in [0.05, 0.1) is 7.11 Å². The maximum atomic E-state index is 5.29. The van der Waals surface area contributed by atoms with Gasteiger partial charge in [-0.2, -0.15) is 0 Å². The fourth-order valence-electron chi connectivity index (χ4n) is 4.35. The standard InChI is InChI=1S/C23H29N3O/c1-16(17-10-12-19(27-3)13-11-17)26(2)15-21-20-9-6-14-24-23(20)25-22(21)18-7-4-5-8-18/h6,9-14,16,18H,4-5,7-8,15H2,1-3H3,(H,24,25)/t16-/m0/s1. The number of methoxy groups -OCH3 is 1. The second kappa shape index (κ2) is 7.73. The third kappa shape index (κ3) is 3.59. The summed E-state index contributed by atoms with van der Waals surface area (Å²) in [6.07, 6.45) is 7.13. The highest BCUT2D eigenvalue weighted by molar-refractivity contribution is 5.81. The number of benzene rings is 1. The van der Waals surface area contributed by atoms with Gasteiger partial charge in [-0.05, 0) is 68.1 Å². The van der Waals surface area contributed by atoms with Crippen LogP contribution in [0.5, 0.6) is 5.75 Å².